The van der Waals surface area contributed by atoms with Crippen molar-refractivity contribution in [2.45, 2.75) is 66.0 Å². The van der Waals surface area contributed by atoms with E-state index in [1.807, 2.05) is 6.92 Å². The van der Waals surface area contributed by atoms with Crippen LogP contribution in [0.4, 0.5) is 0 Å². The first-order valence-electron chi connectivity index (χ1n) is 8.55. The largest absolute Gasteiger partial charge is 0.455 e. The lowest BCUT2D eigenvalue weighted by Crippen LogP contribution is -2.29. The van der Waals surface area contributed by atoms with Gasteiger partial charge >= 0.3 is 5.97 Å². The Balaban J connectivity index is 2.51. The molecule has 1 aliphatic heterocycles. The third kappa shape index (κ3) is 3.50. The maximum atomic E-state index is 11.6. The van der Waals surface area contributed by atoms with Crippen molar-refractivity contribution in [3.8, 4) is 0 Å². The van der Waals surface area contributed by atoms with E-state index in [0.29, 0.717) is 6.04 Å². The number of piperidine rings is 1. The predicted octanol–water partition coefficient (Wildman–Crippen LogP) is 4.53. The van der Waals surface area contributed by atoms with E-state index in [-0.39, 0.29) is 12.1 Å². The van der Waals surface area contributed by atoms with Crippen LogP contribution in [-0.4, -0.2) is 12.5 Å². The Kier molecular flexibility index (Phi) is 5.64. The molecule has 3 nitrogen and oxygen atoms in total. The molecule has 0 radical (unpaired) electrons. The first-order chi connectivity index (χ1) is 10.9. The fraction of sp³-hybridized carbons (Fsp3) is 0.550. The molecular weight excluding hydrogens is 286 g/mol. The van der Waals surface area contributed by atoms with Gasteiger partial charge in [-0.3, -0.25) is 0 Å². The molecule has 1 fully saturated rings. The van der Waals surface area contributed by atoms with Crippen LogP contribution in [0.3, 0.4) is 0 Å². The highest BCUT2D eigenvalue weighted by Crippen LogP contribution is 2.37. The molecule has 1 heterocycles. The maximum Gasteiger partial charge on any atom is 0.330 e. The van der Waals surface area contributed by atoms with E-state index in [4.69, 9.17) is 4.74 Å². The molecule has 2 rings (SSSR count). The molecule has 0 amide bonds. The smallest absolute Gasteiger partial charge is 0.330 e. The number of rotatable bonds is 4. The normalized spacial score (nSPS) is 19.3. The van der Waals surface area contributed by atoms with Gasteiger partial charge in [-0.25, -0.2) is 4.79 Å². The quantitative estimate of drug-likeness (QED) is 0.655. The van der Waals surface area contributed by atoms with Crippen molar-refractivity contribution in [1.29, 1.82) is 0 Å². The molecule has 0 aliphatic carbocycles. The van der Waals surface area contributed by atoms with Crippen molar-refractivity contribution in [3.63, 3.8) is 0 Å². The van der Waals surface area contributed by atoms with Crippen LogP contribution in [0.1, 0.15) is 71.7 Å². The number of benzene rings is 1. The second-order valence-electron chi connectivity index (χ2n) is 6.61. The van der Waals surface area contributed by atoms with Crippen LogP contribution in [0, 0.1) is 27.7 Å². The zero-order chi connectivity index (χ0) is 17.1. The van der Waals surface area contributed by atoms with Gasteiger partial charge in [0, 0.05) is 12.1 Å². The van der Waals surface area contributed by atoms with Crippen molar-refractivity contribution in [2.24, 2.45) is 0 Å². The average Bonchev–Trinajstić information content (AvgIpc) is 2.54. The summed E-state index contributed by atoms with van der Waals surface area (Å²) in [7, 11) is 0. The second-order valence-corrected chi connectivity index (χ2v) is 6.61. The lowest BCUT2D eigenvalue weighted by atomic mass is 9.82. The topological polar surface area (TPSA) is 38.3 Å². The van der Waals surface area contributed by atoms with Crippen LogP contribution in [-0.2, 0) is 9.53 Å². The Morgan fingerprint density at radius 1 is 1.17 bits per heavy atom. The highest BCUT2D eigenvalue weighted by atomic mass is 16.5. The highest BCUT2D eigenvalue weighted by Gasteiger charge is 2.25. The van der Waals surface area contributed by atoms with E-state index >= 15 is 0 Å². The third-order valence-electron chi connectivity index (χ3n) is 5.27. The van der Waals surface area contributed by atoms with E-state index < -0.39 is 0 Å². The summed E-state index contributed by atoms with van der Waals surface area (Å²) in [6.07, 6.45) is 4.65. The van der Waals surface area contributed by atoms with Crippen molar-refractivity contribution in [1.82, 2.24) is 5.32 Å². The summed E-state index contributed by atoms with van der Waals surface area (Å²) in [6, 6.07) is 0.407. The molecule has 3 heteroatoms. The third-order valence-corrected chi connectivity index (χ3v) is 5.27. The minimum absolute atomic E-state index is 0.262. The van der Waals surface area contributed by atoms with Gasteiger partial charge in [0.2, 0.25) is 0 Å². The molecule has 1 aliphatic rings. The van der Waals surface area contributed by atoms with Gasteiger partial charge in [0.1, 0.15) is 6.10 Å². The van der Waals surface area contributed by atoms with Crippen LogP contribution in [0.2, 0.25) is 0 Å². The molecule has 1 saturated heterocycles. The number of esters is 1. The van der Waals surface area contributed by atoms with E-state index in [9.17, 15) is 4.79 Å². The lowest BCUT2D eigenvalue weighted by molar-refractivity contribution is -0.142. The highest BCUT2D eigenvalue weighted by molar-refractivity contribution is 5.81. The first-order valence-corrected chi connectivity index (χ1v) is 8.55. The Morgan fingerprint density at radius 3 is 2.43 bits per heavy atom. The average molecular weight is 315 g/mol. The first kappa shape index (κ1) is 17.7. The van der Waals surface area contributed by atoms with Crippen molar-refractivity contribution in [3.05, 3.63) is 46.0 Å². The van der Waals surface area contributed by atoms with E-state index in [0.717, 1.165) is 12.1 Å². The number of hydrogen-bond donors (Lipinski definition) is 1. The second kappa shape index (κ2) is 7.31. The zero-order valence-corrected chi connectivity index (χ0v) is 15.1. The summed E-state index contributed by atoms with van der Waals surface area (Å²) in [5.41, 5.74) is 7.69. The maximum absolute atomic E-state index is 11.6. The van der Waals surface area contributed by atoms with Gasteiger partial charge in [-0.1, -0.05) is 13.0 Å². The number of nitrogens with one attached hydrogen (secondary N) is 1. The van der Waals surface area contributed by atoms with Crippen molar-refractivity contribution >= 4 is 5.97 Å². The van der Waals surface area contributed by atoms with Gasteiger partial charge in [-0.15, -0.1) is 0 Å². The SMILES string of the molecule is C=CC(=O)OC(C)c1c(C)c(C)c(C)c(C2CCCCN2)c1C. The minimum Gasteiger partial charge on any atom is -0.455 e. The molecule has 2 unspecified atom stereocenters. The molecule has 1 aromatic rings. The molecule has 1 N–H and O–H groups in total. The summed E-state index contributed by atoms with van der Waals surface area (Å²) in [5, 5.41) is 3.66. The Bertz CT molecular complexity index is 613. The monoisotopic (exact) mass is 315 g/mol. The number of ether oxygens (including phenoxy) is 1. The molecule has 0 bridgehead atoms. The summed E-state index contributed by atoms with van der Waals surface area (Å²) < 4.78 is 5.51. The van der Waals surface area contributed by atoms with Gasteiger partial charge in [-0.2, -0.15) is 0 Å². The Hall–Kier alpha value is -1.61. The molecule has 1 aromatic carbocycles. The molecule has 0 spiro atoms. The molecule has 2 atom stereocenters. The fourth-order valence-corrected chi connectivity index (χ4v) is 3.90. The van der Waals surface area contributed by atoms with Crippen LogP contribution >= 0.6 is 0 Å². The zero-order valence-electron chi connectivity index (χ0n) is 15.1. The van der Waals surface area contributed by atoms with Crippen LogP contribution in [0.25, 0.3) is 0 Å². The predicted molar refractivity (Wildman–Crippen MR) is 94.7 cm³/mol. The van der Waals surface area contributed by atoms with Crippen molar-refractivity contribution in [2.75, 3.05) is 6.54 Å². The molecular formula is C20H29NO2. The number of hydrogen-bond acceptors (Lipinski definition) is 3. The van der Waals surface area contributed by atoms with Gasteiger partial charge in [0.15, 0.2) is 0 Å². The number of carbonyl (C=O) groups excluding carboxylic acids is 1. The molecule has 126 valence electrons. The summed E-state index contributed by atoms with van der Waals surface area (Å²) >= 11 is 0. The van der Waals surface area contributed by atoms with E-state index in [1.165, 1.54) is 53.2 Å². The van der Waals surface area contributed by atoms with Crippen LogP contribution in [0.15, 0.2) is 12.7 Å². The van der Waals surface area contributed by atoms with Crippen LogP contribution < -0.4 is 5.32 Å². The molecule has 0 aromatic heterocycles. The van der Waals surface area contributed by atoms with Crippen LogP contribution in [0.5, 0.6) is 0 Å². The molecule has 0 saturated carbocycles. The van der Waals surface area contributed by atoms with Crippen molar-refractivity contribution < 1.29 is 9.53 Å². The Labute approximate surface area is 140 Å². The minimum atomic E-state index is -0.369. The summed E-state index contributed by atoms with van der Waals surface area (Å²) in [6.45, 7) is 15.2. The van der Waals surface area contributed by atoms with Gasteiger partial charge in [0.05, 0.1) is 0 Å². The number of carbonyl (C=O) groups is 1. The van der Waals surface area contributed by atoms with Gasteiger partial charge in [-0.05, 0) is 87.4 Å². The van der Waals surface area contributed by atoms with Gasteiger partial charge < -0.3 is 10.1 Å². The molecule has 23 heavy (non-hydrogen) atoms. The van der Waals surface area contributed by atoms with Gasteiger partial charge in [0.25, 0.3) is 0 Å². The Morgan fingerprint density at radius 2 is 1.87 bits per heavy atom. The fourth-order valence-electron chi connectivity index (χ4n) is 3.90. The summed E-state index contributed by atoms with van der Waals surface area (Å²) in [4.78, 5) is 11.6. The summed E-state index contributed by atoms with van der Waals surface area (Å²) in [5.74, 6) is -0.369. The standard InChI is InChI=1S/C20H29NO2/c1-7-18(22)23-16(6)19-13(3)12(2)14(4)20(15(19)5)17-10-8-9-11-21-17/h7,16-17,21H,1,8-11H2,2-6H3. The lowest BCUT2D eigenvalue weighted by Gasteiger charge is -2.31. The van der Waals surface area contributed by atoms with E-state index in [1.54, 1.807) is 0 Å². The van der Waals surface area contributed by atoms with E-state index in [2.05, 4.69) is 39.6 Å².